The molecule has 0 bridgehead atoms. The van der Waals surface area contributed by atoms with Gasteiger partial charge in [0.1, 0.15) is 0 Å². The van der Waals surface area contributed by atoms with Crippen LogP contribution in [0.25, 0.3) is 0 Å². The summed E-state index contributed by atoms with van der Waals surface area (Å²) >= 11 is 0. The van der Waals surface area contributed by atoms with E-state index in [0.29, 0.717) is 24.9 Å². The Morgan fingerprint density at radius 2 is 1.64 bits per heavy atom. The molecule has 2 amide bonds. The molecule has 5 heteroatoms. The fraction of sp³-hybridized carbons (Fsp3) is 0.652. The minimum atomic E-state index is -0.0436. The van der Waals surface area contributed by atoms with Crippen molar-refractivity contribution < 1.29 is 9.59 Å². The van der Waals surface area contributed by atoms with Crippen LogP contribution in [0.4, 0.5) is 0 Å². The van der Waals surface area contributed by atoms with Crippen LogP contribution in [0.5, 0.6) is 0 Å². The Hall–Kier alpha value is -1.88. The van der Waals surface area contributed by atoms with Gasteiger partial charge in [-0.05, 0) is 43.7 Å². The molecule has 1 aromatic carbocycles. The molecule has 154 valence electrons. The second-order valence-electron chi connectivity index (χ2n) is 8.82. The normalized spacial score (nSPS) is 19.8. The molecule has 1 heterocycles. The Kier molecular flexibility index (Phi) is 7.11. The van der Waals surface area contributed by atoms with E-state index >= 15 is 0 Å². The number of piperazine rings is 1. The van der Waals surface area contributed by atoms with E-state index in [-0.39, 0.29) is 17.9 Å². The van der Waals surface area contributed by atoms with Gasteiger partial charge >= 0.3 is 0 Å². The Morgan fingerprint density at radius 1 is 1.04 bits per heavy atom. The van der Waals surface area contributed by atoms with Crippen LogP contribution in [0.2, 0.25) is 0 Å². The quantitative estimate of drug-likeness (QED) is 0.819. The molecule has 1 atom stereocenters. The molecule has 2 fully saturated rings. The van der Waals surface area contributed by atoms with Crippen LogP contribution in [-0.4, -0.2) is 60.4 Å². The first-order chi connectivity index (χ1) is 13.5. The van der Waals surface area contributed by atoms with Crippen LogP contribution in [0.3, 0.4) is 0 Å². The third kappa shape index (κ3) is 5.13. The van der Waals surface area contributed by atoms with E-state index in [1.807, 2.05) is 36.1 Å². The van der Waals surface area contributed by atoms with E-state index < -0.39 is 0 Å². The number of hydrogen-bond donors (Lipinski definition) is 1. The van der Waals surface area contributed by atoms with Crippen molar-refractivity contribution >= 4 is 11.8 Å². The molecule has 2 aliphatic rings. The van der Waals surface area contributed by atoms with Crippen LogP contribution in [0.1, 0.15) is 55.5 Å². The zero-order valence-corrected chi connectivity index (χ0v) is 17.6. The van der Waals surface area contributed by atoms with Gasteiger partial charge in [0, 0.05) is 38.3 Å². The topological polar surface area (TPSA) is 52.7 Å². The van der Waals surface area contributed by atoms with Gasteiger partial charge in [-0.25, -0.2) is 0 Å². The number of amides is 2. The Bertz CT molecular complexity index is 657. The van der Waals surface area contributed by atoms with Gasteiger partial charge in [0.15, 0.2) is 0 Å². The number of benzene rings is 1. The lowest BCUT2D eigenvalue weighted by Crippen LogP contribution is -2.58. The summed E-state index contributed by atoms with van der Waals surface area (Å²) in [4.78, 5) is 30.0. The summed E-state index contributed by atoms with van der Waals surface area (Å²) in [6.45, 7) is 9.93. The van der Waals surface area contributed by atoms with Gasteiger partial charge in [0.25, 0.3) is 5.91 Å². The fourth-order valence-electron chi connectivity index (χ4n) is 4.44. The van der Waals surface area contributed by atoms with E-state index in [9.17, 15) is 9.59 Å². The molecule has 28 heavy (non-hydrogen) atoms. The average Bonchev–Trinajstić information content (AvgIpc) is 3.21. The van der Waals surface area contributed by atoms with Gasteiger partial charge in [-0.3, -0.25) is 14.5 Å². The number of nitrogens with zero attached hydrogens (tertiary/aromatic N) is 2. The second kappa shape index (κ2) is 9.55. The Labute approximate surface area is 169 Å². The molecule has 1 unspecified atom stereocenters. The molecular weight excluding hydrogens is 350 g/mol. The van der Waals surface area contributed by atoms with E-state index in [0.717, 1.165) is 43.6 Å². The van der Waals surface area contributed by atoms with Crippen LogP contribution >= 0.6 is 0 Å². The van der Waals surface area contributed by atoms with Gasteiger partial charge in [-0.2, -0.15) is 0 Å². The maximum Gasteiger partial charge on any atom is 0.253 e. The lowest BCUT2D eigenvalue weighted by molar-refractivity contribution is -0.129. The van der Waals surface area contributed by atoms with E-state index in [1.54, 1.807) is 0 Å². The highest BCUT2D eigenvalue weighted by atomic mass is 16.2. The summed E-state index contributed by atoms with van der Waals surface area (Å²) in [6.07, 6.45) is 4.74. The third-order valence-electron chi connectivity index (χ3n) is 6.09. The molecular formula is C23H35N3O2. The zero-order valence-electron chi connectivity index (χ0n) is 17.6. The first kappa shape index (κ1) is 20.8. The largest absolute Gasteiger partial charge is 0.354 e. The Balaban J connectivity index is 1.61. The summed E-state index contributed by atoms with van der Waals surface area (Å²) in [5.41, 5.74) is 1.91. The lowest BCUT2D eigenvalue weighted by atomic mass is 9.94. The Morgan fingerprint density at radius 3 is 2.21 bits per heavy atom. The van der Waals surface area contributed by atoms with Crippen molar-refractivity contribution in [1.82, 2.24) is 15.1 Å². The maximum absolute atomic E-state index is 13.0. The van der Waals surface area contributed by atoms with Gasteiger partial charge in [-0.1, -0.05) is 44.4 Å². The van der Waals surface area contributed by atoms with Crippen molar-refractivity contribution in [2.24, 2.45) is 11.8 Å². The predicted octanol–water partition coefficient (Wildman–Crippen LogP) is 3.08. The van der Waals surface area contributed by atoms with Crippen molar-refractivity contribution in [3.05, 3.63) is 35.4 Å². The van der Waals surface area contributed by atoms with Crippen molar-refractivity contribution in [2.45, 2.75) is 52.5 Å². The molecule has 0 aromatic heterocycles. The number of carbonyl (C=O) groups excluding carboxylic acids is 2. The molecule has 1 aliphatic heterocycles. The summed E-state index contributed by atoms with van der Waals surface area (Å²) in [6, 6.07) is 7.74. The number of carbonyl (C=O) groups is 2. The lowest BCUT2D eigenvalue weighted by Gasteiger charge is -2.41. The zero-order chi connectivity index (χ0) is 20.1. The summed E-state index contributed by atoms with van der Waals surface area (Å²) < 4.78 is 0. The van der Waals surface area contributed by atoms with E-state index in [2.05, 4.69) is 24.1 Å². The molecule has 5 nitrogen and oxygen atoms in total. The predicted molar refractivity (Wildman–Crippen MR) is 112 cm³/mol. The molecule has 0 radical (unpaired) electrons. The third-order valence-corrected chi connectivity index (χ3v) is 6.09. The first-order valence-electron chi connectivity index (χ1n) is 10.8. The molecule has 1 saturated heterocycles. The first-order valence-corrected chi connectivity index (χ1v) is 10.8. The van der Waals surface area contributed by atoms with Gasteiger partial charge in [0.05, 0.1) is 6.04 Å². The van der Waals surface area contributed by atoms with Crippen molar-refractivity contribution in [1.29, 1.82) is 0 Å². The highest BCUT2D eigenvalue weighted by Crippen LogP contribution is 2.31. The number of hydrogen-bond acceptors (Lipinski definition) is 3. The number of rotatable bonds is 6. The molecule has 1 saturated carbocycles. The summed E-state index contributed by atoms with van der Waals surface area (Å²) in [5, 5.41) is 3.16. The molecule has 0 spiro atoms. The van der Waals surface area contributed by atoms with Gasteiger partial charge in [-0.15, -0.1) is 0 Å². The molecule has 1 aromatic rings. The maximum atomic E-state index is 13.0. The number of nitrogens with one attached hydrogen (secondary N) is 1. The summed E-state index contributed by atoms with van der Waals surface area (Å²) in [7, 11) is 0. The van der Waals surface area contributed by atoms with Gasteiger partial charge < -0.3 is 10.2 Å². The van der Waals surface area contributed by atoms with Crippen molar-refractivity contribution in [3.8, 4) is 0 Å². The molecule has 3 rings (SSSR count). The van der Waals surface area contributed by atoms with E-state index in [4.69, 9.17) is 0 Å². The van der Waals surface area contributed by atoms with Crippen LogP contribution in [0, 0.1) is 18.8 Å². The standard InChI is InChI=1S/C23H35N3O2/c1-17(2)16-24-22(27)21(19-6-4-5-7-19)25-12-14-26(15-13-25)23(28)20-10-8-18(3)9-11-20/h8-11,17,19,21H,4-7,12-16H2,1-3H3,(H,24,27). The SMILES string of the molecule is Cc1ccc(C(=O)N2CCN(C(C(=O)NCC(C)C)C3CCCC3)CC2)cc1. The van der Waals surface area contributed by atoms with Crippen LogP contribution < -0.4 is 5.32 Å². The second-order valence-corrected chi connectivity index (χ2v) is 8.82. The molecule has 1 aliphatic carbocycles. The molecule has 1 N–H and O–H groups in total. The average molecular weight is 386 g/mol. The monoisotopic (exact) mass is 385 g/mol. The summed E-state index contributed by atoms with van der Waals surface area (Å²) in [5.74, 6) is 1.18. The fourth-order valence-corrected chi connectivity index (χ4v) is 4.44. The van der Waals surface area contributed by atoms with E-state index in [1.165, 1.54) is 12.8 Å². The van der Waals surface area contributed by atoms with Crippen LogP contribution in [-0.2, 0) is 4.79 Å². The van der Waals surface area contributed by atoms with Crippen molar-refractivity contribution in [2.75, 3.05) is 32.7 Å². The highest BCUT2D eigenvalue weighted by molar-refractivity contribution is 5.94. The van der Waals surface area contributed by atoms with Crippen LogP contribution in [0.15, 0.2) is 24.3 Å². The van der Waals surface area contributed by atoms with Crippen molar-refractivity contribution in [3.63, 3.8) is 0 Å². The minimum Gasteiger partial charge on any atom is -0.354 e. The number of aryl methyl sites for hydroxylation is 1. The smallest absolute Gasteiger partial charge is 0.253 e. The van der Waals surface area contributed by atoms with Gasteiger partial charge in [0.2, 0.25) is 5.91 Å². The highest BCUT2D eigenvalue weighted by Gasteiger charge is 2.37. The minimum absolute atomic E-state index is 0.0436.